The van der Waals surface area contributed by atoms with Crippen LogP contribution in [0.15, 0.2) is 6.33 Å². The SMILES string of the molecule is CC(C)c1c(Cl)ncnc1N1CCC(O)C(C)C1. The van der Waals surface area contributed by atoms with Crippen molar-refractivity contribution in [2.24, 2.45) is 5.92 Å². The summed E-state index contributed by atoms with van der Waals surface area (Å²) in [4.78, 5) is 10.7. The van der Waals surface area contributed by atoms with Crippen molar-refractivity contribution in [1.29, 1.82) is 0 Å². The smallest absolute Gasteiger partial charge is 0.138 e. The molecule has 0 saturated carbocycles. The summed E-state index contributed by atoms with van der Waals surface area (Å²) >= 11 is 6.18. The van der Waals surface area contributed by atoms with Gasteiger partial charge in [-0.15, -0.1) is 0 Å². The van der Waals surface area contributed by atoms with Crippen molar-refractivity contribution < 1.29 is 5.11 Å². The minimum atomic E-state index is -0.207. The Morgan fingerprint density at radius 3 is 2.78 bits per heavy atom. The van der Waals surface area contributed by atoms with E-state index >= 15 is 0 Å². The number of rotatable bonds is 2. The Hall–Kier alpha value is -0.870. The molecular weight excluding hydrogens is 250 g/mol. The van der Waals surface area contributed by atoms with Gasteiger partial charge in [0.05, 0.1) is 6.10 Å². The van der Waals surface area contributed by atoms with E-state index in [9.17, 15) is 5.11 Å². The maximum atomic E-state index is 9.79. The van der Waals surface area contributed by atoms with Crippen LogP contribution in [0.3, 0.4) is 0 Å². The molecule has 2 heterocycles. The molecule has 1 aromatic heterocycles. The second kappa shape index (κ2) is 5.41. The van der Waals surface area contributed by atoms with Crippen molar-refractivity contribution in [2.45, 2.75) is 39.2 Å². The molecule has 0 aliphatic carbocycles. The molecule has 0 radical (unpaired) electrons. The van der Waals surface area contributed by atoms with Crippen molar-refractivity contribution in [3.8, 4) is 0 Å². The lowest BCUT2D eigenvalue weighted by molar-refractivity contribution is 0.0968. The van der Waals surface area contributed by atoms with E-state index in [4.69, 9.17) is 11.6 Å². The van der Waals surface area contributed by atoms with Crippen molar-refractivity contribution in [3.63, 3.8) is 0 Å². The van der Waals surface area contributed by atoms with Gasteiger partial charge in [0.1, 0.15) is 17.3 Å². The largest absolute Gasteiger partial charge is 0.393 e. The predicted molar refractivity (Wildman–Crippen MR) is 73.1 cm³/mol. The van der Waals surface area contributed by atoms with E-state index in [1.807, 2.05) is 0 Å². The summed E-state index contributed by atoms with van der Waals surface area (Å²) in [7, 11) is 0. The molecule has 1 aliphatic heterocycles. The molecule has 1 aliphatic rings. The number of aliphatic hydroxyl groups is 1. The van der Waals surface area contributed by atoms with Crippen molar-refractivity contribution >= 4 is 17.4 Å². The van der Waals surface area contributed by atoms with Gasteiger partial charge in [-0.2, -0.15) is 0 Å². The van der Waals surface area contributed by atoms with E-state index in [1.54, 1.807) is 0 Å². The molecule has 0 bridgehead atoms. The van der Waals surface area contributed by atoms with Crippen LogP contribution in [0.2, 0.25) is 5.15 Å². The summed E-state index contributed by atoms with van der Waals surface area (Å²) < 4.78 is 0. The van der Waals surface area contributed by atoms with Gasteiger partial charge in [-0.25, -0.2) is 9.97 Å². The molecule has 0 aromatic carbocycles. The van der Waals surface area contributed by atoms with Crippen LogP contribution in [0.1, 0.15) is 38.7 Å². The summed E-state index contributed by atoms with van der Waals surface area (Å²) in [6, 6.07) is 0. The molecule has 1 saturated heterocycles. The molecule has 4 nitrogen and oxygen atoms in total. The molecule has 2 unspecified atom stereocenters. The molecule has 18 heavy (non-hydrogen) atoms. The predicted octanol–water partition coefficient (Wildman–Crippen LogP) is 2.46. The van der Waals surface area contributed by atoms with Crippen LogP contribution in [0.25, 0.3) is 0 Å². The number of piperidine rings is 1. The first-order chi connectivity index (χ1) is 8.50. The molecule has 2 rings (SSSR count). The standard InChI is InChI=1S/C13H20ClN3O/c1-8(2)11-12(14)15-7-16-13(11)17-5-4-10(18)9(3)6-17/h7-10,18H,4-6H2,1-3H3. The fourth-order valence-corrected chi connectivity index (χ4v) is 2.79. The van der Waals surface area contributed by atoms with Crippen LogP contribution in [-0.4, -0.2) is 34.3 Å². The molecular formula is C13H20ClN3O. The monoisotopic (exact) mass is 269 g/mol. The first-order valence-corrected chi connectivity index (χ1v) is 6.82. The lowest BCUT2D eigenvalue weighted by atomic mass is 9.95. The first-order valence-electron chi connectivity index (χ1n) is 6.44. The minimum Gasteiger partial charge on any atom is -0.393 e. The van der Waals surface area contributed by atoms with Gasteiger partial charge in [0.25, 0.3) is 0 Å². The average Bonchev–Trinajstić information content (AvgIpc) is 2.32. The van der Waals surface area contributed by atoms with Gasteiger partial charge in [0.2, 0.25) is 0 Å². The summed E-state index contributed by atoms with van der Waals surface area (Å²) in [5.41, 5.74) is 1.00. The maximum Gasteiger partial charge on any atom is 0.138 e. The Kier molecular flexibility index (Phi) is 4.07. The van der Waals surface area contributed by atoms with Crippen LogP contribution >= 0.6 is 11.6 Å². The van der Waals surface area contributed by atoms with E-state index in [0.29, 0.717) is 5.15 Å². The zero-order valence-electron chi connectivity index (χ0n) is 11.1. The van der Waals surface area contributed by atoms with E-state index in [-0.39, 0.29) is 17.9 Å². The number of aliphatic hydroxyl groups excluding tert-OH is 1. The molecule has 1 N–H and O–H groups in total. The van der Waals surface area contributed by atoms with Crippen molar-refractivity contribution in [3.05, 3.63) is 17.0 Å². The second-order valence-corrected chi connectivity index (χ2v) is 5.69. The normalized spacial score (nSPS) is 24.7. The van der Waals surface area contributed by atoms with Crippen LogP contribution < -0.4 is 4.90 Å². The zero-order chi connectivity index (χ0) is 13.3. The first kappa shape index (κ1) is 13.6. The highest BCUT2D eigenvalue weighted by atomic mass is 35.5. The third-order valence-electron chi connectivity index (χ3n) is 3.55. The fourth-order valence-electron chi connectivity index (χ4n) is 2.44. The second-order valence-electron chi connectivity index (χ2n) is 5.34. The summed E-state index contributed by atoms with van der Waals surface area (Å²) in [5.74, 6) is 1.46. The number of hydrogen-bond donors (Lipinski definition) is 1. The third kappa shape index (κ3) is 2.59. The summed E-state index contributed by atoms with van der Waals surface area (Å²) in [6.45, 7) is 7.88. The van der Waals surface area contributed by atoms with E-state index in [1.165, 1.54) is 6.33 Å². The number of halogens is 1. The number of nitrogens with zero attached hydrogens (tertiary/aromatic N) is 3. The highest BCUT2D eigenvalue weighted by Crippen LogP contribution is 2.32. The van der Waals surface area contributed by atoms with E-state index < -0.39 is 0 Å². The topological polar surface area (TPSA) is 49.2 Å². The lowest BCUT2D eigenvalue weighted by Gasteiger charge is -2.36. The number of hydrogen-bond acceptors (Lipinski definition) is 4. The maximum absolute atomic E-state index is 9.79. The van der Waals surface area contributed by atoms with Gasteiger partial charge in [-0.05, 0) is 18.3 Å². The molecule has 1 fully saturated rings. The highest BCUT2D eigenvalue weighted by molar-refractivity contribution is 6.30. The summed E-state index contributed by atoms with van der Waals surface area (Å²) in [5, 5.41) is 10.3. The van der Waals surface area contributed by atoms with Crippen LogP contribution in [0.4, 0.5) is 5.82 Å². The molecule has 0 amide bonds. The van der Waals surface area contributed by atoms with Crippen LogP contribution in [0, 0.1) is 5.92 Å². The van der Waals surface area contributed by atoms with E-state index in [2.05, 4.69) is 35.6 Å². The Morgan fingerprint density at radius 1 is 1.44 bits per heavy atom. The van der Waals surface area contributed by atoms with Crippen molar-refractivity contribution in [2.75, 3.05) is 18.0 Å². The molecule has 100 valence electrons. The Labute approximate surface area is 113 Å². The van der Waals surface area contributed by atoms with Gasteiger partial charge in [-0.1, -0.05) is 32.4 Å². The third-order valence-corrected chi connectivity index (χ3v) is 3.85. The number of anilines is 1. The molecule has 0 spiro atoms. The molecule has 1 aromatic rings. The number of aromatic nitrogens is 2. The summed E-state index contributed by atoms with van der Waals surface area (Å²) in [6.07, 6.45) is 2.08. The highest BCUT2D eigenvalue weighted by Gasteiger charge is 2.27. The van der Waals surface area contributed by atoms with Crippen LogP contribution in [0.5, 0.6) is 0 Å². The zero-order valence-corrected chi connectivity index (χ0v) is 11.9. The Balaban J connectivity index is 2.31. The van der Waals surface area contributed by atoms with E-state index in [0.717, 1.165) is 30.9 Å². The average molecular weight is 270 g/mol. The van der Waals surface area contributed by atoms with Crippen molar-refractivity contribution in [1.82, 2.24) is 9.97 Å². The Morgan fingerprint density at radius 2 is 2.17 bits per heavy atom. The molecule has 5 heteroatoms. The fraction of sp³-hybridized carbons (Fsp3) is 0.692. The lowest BCUT2D eigenvalue weighted by Crippen LogP contribution is -2.42. The quantitative estimate of drug-likeness (QED) is 0.838. The van der Waals surface area contributed by atoms with Gasteiger partial charge in [0.15, 0.2) is 0 Å². The Bertz CT molecular complexity index is 425. The van der Waals surface area contributed by atoms with Crippen LogP contribution in [-0.2, 0) is 0 Å². The minimum absolute atomic E-state index is 0.207. The van der Waals surface area contributed by atoms with Gasteiger partial charge in [0, 0.05) is 18.7 Å². The van der Waals surface area contributed by atoms with Gasteiger partial charge >= 0.3 is 0 Å². The van der Waals surface area contributed by atoms with Gasteiger partial charge < -0.3 is 10.0 Å². The molecule has 2 atom stereocenters. The van der Waals surface area contributed by atoms with Gasteiger partial charge in [-0.3, -0.25) is 0 Å².